The molecule has 0 spiro atoms. The Bertz CT molecular complexity index is 477. The highest BCUT2D eigenvalue weighted by Gasteiger charge is 2.18. The van der Waals surface area contributed by atoms with E-state index in [-0.39, 0.29) is 17.2 Å². The molecule has 0 heterocycles. The highest BCUT2D eigenvalue weighted by Crippen LogP contribution is 2.22. The maximum Gasteiger partial charge on any atom is 0.254 e. The summed E-state index contributed by atoms with van der Waals surface area (Å²) in [6.45, 7) is 4.15. The average molecular weight is 284 g/mol. The van der Waals surface area contributed by atoms with Crippen LogP contribution in [0.5, 0.6) is 0 Å². The molecule has 0 aliphatic carbocycles. The summed E-state index contributed by atoms with van der Waals surface area (Å²) < 4.78 is 0. The minimum absolute atomic E-state index is 0.211. The summed E-state index contributed by atoms with van der Waals surface area (Å²) in [6, 6.07) is 4.17. The molecule has 1 unspecified atom stereocenters. The van der Waals surface area contributed by atoms with E-state index < -0.39 is 11.9 Å². The Balaban J connectivity index is 2.69. The number of carbonyl (C=O) groups is 2. The van der Waals surface area contributed by atoms with Gasteiger partial charge in [0.25, 0.3) is 5.91 Å². The number of hydrogen-bond donors (Lipinski definition) is 3. The van der Waals surface area contributed by atoms with Gasteiger partial charge in [0.2, 0.25) is 5.91 Å². The van der Waals surface area contributed by atoms with Gasteiger partial charge in [0.1, 0.15) is 6.04 Å². The second-order valence-electron chi connectivity index (χ2n) is 4.19. The van der Waals surface area contributed by atoms with Crippen molar-refractivity contribution in [1.29, 1.82) is 0 Å². The lowest BCUT2D eigenvalue weighted by molar-refractivity contribution is -0.122. The number of halogens is 1. The van der Waals surface area contributed by atoms with Gasteiger partial charge in [-0.25, -0.2) is 0 Å². The van der Waals surface area contributed by atoms with E-state index in [1.54, 1.807) is 25.1 Å². The third kappa shape index (κ3) is 4.13. The van der Waals surface area contributed by atoms with E-state index in [9.17, 15) is 9.59 Å². The summed E-state index contributed by atoms with van der Waals surface area (Å²) in [4.78, 5) is 23.6. The SMILES string of the molecule is CCCNC(=O)C(C)NC(=O)c1cccc(Cl)c1N. The summed E-state index contributed by atoms with van der Waals surface area (Å²) in [7, 11) is 0. The zero-order valence-electron chi connectivity index (χ0n) is 11.0. The van der Waals surface area contributed by atoms with Gasteiger partial charge >= 0.3 is 0 Å². The van der Waals surface area contributed by atoms with Crippen LogP contribution < -0.4 is 16.4 Å². The molecule has 0 bridgehead atoms. The van der Waals surface area contributed by atoms with Gasteiger partial charge in [0, 0.05) is 6.54 Å². The van der Waals surface area contributed by atoms with Crippen LogP contribution in [-0.2, 0) is 4.79 Å². The van der Waals surface area contributed by atoms with E-state index >= 15 is 0 Å². The fourth-order valence-electron chi connectivity index (χ4n) is 1.48. The van der Waals surface area contributed by atoms with Crippen LogP contribution in [0, 0.1) is 0 Å². The van der Waals surface area contributed by atoms with Crippen molar-refractivity contribution in [1.82, 2.24) is 10.6 Å². The molecule has 5 nitrogen and oxygen atoms in total. The molecule has 4 N–H and O–H groups in total. The zero-order chi connectivity index (χ0) is 14.4. The van der Waals surface area contributed by atoms with Crippen LogP contribution in [0.15, 0.2) is 18.2 Å². The minimum atomic E-state index is -0.627. The van der Waals surface area contributed by atoms with Crippen LogP contribution in [-0.4, -0.2) is 24.4 Å². The Kier molecular flexibility index (Phi) is 5.63. The average Bonchev–Trinajstić information content (AvgIpc) is 2.38. The first-order valence-corrected chi connectivity index (χ1v) is 6.47. The van der Waals surface area contributed by atoms with E-state index in [0.717, 1.165) is 6.42 Å². The van der Waals surface area contributed by atoms with E-state index in [0.29, 0.717) is 11.6 Å². The fraction of sp³-hybridized carbons (Fsp3) is 0.385. The summed E-state index contributed by atoms with van der Waals surface area (Å²) in [6.07, 6.45) is 0.841. The van der Waals surface area contributed by atoms with Crippen molar-refractivity contribution in [3.63, 3.8) is 0 Å². The molecule has 19 heavy (non-hydrogen) atoms. The molecule has 0 saturated carbocycles. The fourth-order valence-corrected chi connectivity index (χ4v) is 1.65. The summed E-state index contributed by atoms with van der Waals surface area (Å²) >= 11 is 5.84. The first kappa shape index (κ1) is 15.3. The smallest absolute Gasteiger partial charge is 0.254 e. The quantitative estimate of drug-likeness (QED) is 0.717. The number of carbonyl (C=O) groups excluding carboxylic acids is 2. The molecule has 1 aromatic carbocycles. The van der Waals surface area contributed by atoms with Crippen LogP contribution in [0.4, 0.5) is 5.69 Å². The van der Waals surface area contributed by atoms with Gasteiger partial charge < -0.3 is 16.4 Å². The Morgan fingerprint density at radius 2 is 2.11 bits per heavy atom. The molecule has 1 rings (SSSR count). The van der Waals surface area contributed by atoms with E-state index in [1.165, 1.54) is 0 Å². The maximum atomic E-state index is 12.0. The molecule has 1 atom stereocenters. The van der Waals surface area contributed by atoms with Gasteiger partial charge in [0.05, 0.1) is 16.3 Å². The number of nitrogens with two attached hydrogens (primary N) is 1. The topological polar surface area (TPSA) is 84.2 Å². The second kappa shape index (κ2) is 6.99. The zero-order valence-corrected chi connectivity index (χ0v) is 11.8. The van der Waals surface area contributed by atoms with Crippen molar-refractivity contribution < 1.29 is 9.59 Å². The second-order valence-corrected chi connectivity index (χ2v) is 4.59. The van der Waals surface area contributed by atoms with Crippen molar-refractivity contribution in [2.45, 2.75) is 26.3 Å². The molecule has 0 radical (unpaired) electrons. The van der Waals surface area contributed by atoms with Crippen molar-refractivity contribution in [3.8, 4) is 0 Å². The van der Waals surface area contributed by atoms with Crippen LogP contribution in [0.3, 0.4) is 0 Å². The van der Waals surface area contributed by atoms with Gasteiger partial charge in [-0.3, -0.25) is 9.59 Å². The van der Waals surface area contributed by atoms with Crippen molar-refractivity contribution >= 4 is 29.1 Å². The monoisotopic (exact) mass is 283 g/mol. The Hall–Kier alpha value is -1.75. The summed E-state index contributed by atoms with van der Waals surface area (Å²) in [5, 5.41) is 5.60. The Morgan fingerprint density at radius 1 is 1.42 bits per heavy atom. The van der Waals surface area contributed by atoms with E-state index in [1.807, 2.05) is 6.92 Å². The number of rotatable bonds is 5. The maximum absolute atomic E-state index is 12.0. The molecule has 0 fully saturated rings. The molecular formula is C13H18ClN3O2. The standard InChI is InChI=1S/C13H18ClN3O2/c1-3-7-16-12(18)8(2)17-13(19)9-5-4-6-10(14)11(9)15/h4-6,8H,3,7,15H2,1-2H3,(H,16,18)(H,17,19). The first-order chi connectivity index (χ1) is 8.97. The lowest BCUT2D eigenvalue weighted by atomic mass is 10.1. The summed E-state index contributed by atoms with van der Waals surface area (Å²) in [5.41, 5.74) is 6.20. The third-order valence-electron chi connectivity index (χ3n) is 2.59. The molecule has 0 aliphatic rings. The van der Waals surface area contributed by atoms with Gasteiger partial charge in [-0.2, -0.15) is 0 Å². The lowest BCUT2D eigenvalue weighted by Gasteiger charge is -2.14. The van der Waals surface area contributed by atoms with Gasteiger partial charge in [-0.1, -0.05) is 24.6 Å². The molecule has 6 heteroatoms. The molecule has 2 amide bonds. The lowest BCUT2D eigenvalue weighted by Crippen LogP contribution is -2.45. The predicted molar refractivity (Wildman–Crippen MR) is 76.1 cm³/mol. The number of nitrogens with one attached hydrogen (secondary N) is 2. The van der Waals surface area contributed by atoms with Crippen LogP contribution >= 0.6 is 11.6 Å². The molecular weight excluding hydrogens is 266 g/mol. The van der Waals surface area contributed by atoms with Crippen molar-refractivity contribution in [3.05, 3.63) is 28.8 Å². The van der Waals surface area contributed by atoms with Crippen molar-refractivity contribution in [2.75, 3.05) is 12.3 Å². The highest BCUT2D eigenvalue weighted by atomic mass is 35.5. The van der Waals surface area contributed by atoms with E-state index in [2.05, 4.69) is 10.6 Å². The van der Waals surface area contributed by atoms with E-state index in [4.69, 9.17) is 17.3 Å². The number of para-hydroxylation sites is 1. The number of hydrogen-bond acceptors (Lipinski definition) is 3. The third-order valence-corrected chi connectivity index (χ3v) is 2.92. The number of nitrogen functional groups attached to an aromatic ring is 1. The molecule has 104 valence electrons. The van der Waals surface area contributed by atoms with Crippen LogP contribution in [0.25, 0.3) is 0 Å². The largest absolute Gasteiger partial charge is 0.397 e. The molecule has 1 aromatic rings. The van der Waals surface area contributed by atoms with Gasteiger partial charge in [0.15, 0.2) is 0 Å². The highest BCUT2D eigenvalue weighted by molar-refractivity contribution is 6.34. The van der Waals surface area contributed by atoms with Gasteiger partial charge in [-0.05, 0) is 25.5 Å². The minimum Gasteiger partial charge on any atom is -0.397 e. The van der Waals surface area contributed by atoms with Gasteiger partial charge in [-0.15, -0.1) is 0 Å². The van der Waals surface area contributed by atoms with Crippen molar-refractivity contribution in [2.24, 2.45) is 0 Å². The molecule has 0 aromatic heterocycles. The Morgan fingerprint density at radius 3 is 2.74 bits per heavy atom. The predicted octanol–water partition coefficient (Wildman–Crippen LogP) is 1.57. The number of amides is 2. The first-order valence-electron chi connectivity index (χ1n) is 6.10. The van der Waals surface area contributed by atoms with Crippen LogP contribution in [0.1, 0.15) is 30.6 Å². The normalized spacial score (nSPS) is 11.7. The number of benzene rings is 1. The molecule has 0 aliphatic heterocycles. The van der Waals surface area contributed by atoms with Crippen LogP contribution in [0.2, 0.25) is 5.02 Å². The summed E-state index contributed by atoms with van der Waals surface area (Å²) in [5.74, 6) is -0.644. The number of anilines is 1. The molecule has 0 saturated heterocycles. The Labute approximate surface area is 117 Å².